The lowest BCUT2D eigenvalue weighted by molar-refractivity contribution is -0.674. The summed E-state index contributed by atoms with van der Waals surface area (Å²) in [5, 5.41) is 0. The molecule has 1 saturated heterocycles. The van der Waals surface area contributed by atoms with Crippen LogP contribution in [0.4, 0.5) is 0 Å². The van der Waals surface area contributed by atoms with Gasteiger partial charge in [0.05, 0.1) is 18.8 Å². The highest BCUT2D eigenvalue weighted by Crippen LogP contribution is 2.26. The lowest BCUT2D eigenvalue weighted by Gasteiger charge is -2.32. The third-order valence-corrected chi connectivity index (χ3v) is 5.34. The monoisotopic (exact) mass is 423 g/mol. The molecule has 1 fully saturated rings. The van der Waals surface area contributed by atoms with Crippen molar-refractivity contribution in [2.45, 2.75) is 59.4 Å². The number of benzene rings is 1. The number of nitrogens with zero attached hydrogens (tertiary/aromatic N) is 4. The number of hydrogen-bond donors (Lipinski definition) is 0. The number of imidazole rings is 1. The Morgan fingerprint density at radius 2 is 1.74 bits per heavy atom. The minimum absolute atomic E-state index is 0.356. The van der Waals surface area contributed by atoms with Crippen molar-refractivity contribution in [3.05, 3.63) is 53.7 Å². The van der Waals surface area contributed by atoms with E-state index in [1.165, 1.54) is 5.56 Å². The number of esters is 2. The zero-order valence-electron chi connectivity index (χ0n) is 18.3. The molecule has 0 unspecified atom stereocenters. The zero-order chi connectivity index (χ0) is 22.2. The fraction of sp³-hybridized carbons (Fsp3) is 0.435. The molecule has 4 rings (SSSR count). The second-order valence-corrected chi connectivity index (χ2v) is 8.39. The molecule has 0 atom stereocenters. The standard InChI is InChI=1S/C23H27N4O4/c1-15-19-20(25-16(2)24-15)26(14-27(19)13-17-9-6-5-7-10-17)12-8-11-18-21(28)30-23(3,4)31-22(18)29/h5-7,9-10,14,18H,8,11-13H2,1-4H3/q+1. The first-order valence-electron chi connectivity index (χ1n) is 10.5. The van der Waals surface area contributed by atoms with Gasteiger partial charge in [-0.2, -0.15) is 0 Å². The molecule has 1 aliphatic heterocycles. The van der Waals surface area contributed by atoms with Crippen molar-refractivity contribution in [1.29, 1.82) is 0 Å². The molecule has 2 aromatic heterocycles. The van der Waals surface area contributed by atoms with E-state index in [0.29, 0.717) is 31.8 Å². The Morgan fingerprint density at radius 1 is 1.06 bits per heavy atom. The fourth-order valence-corrected chi connectivity index (χ4v) is 4.01. The van der Waals surface area contributed by atoms with Crippen LogP contribution in [0.15, 0.2) is 36.7 Å². The molecular weight excluding hydrogens is 396 g/mol. The highest BCUT2D eigenvalue weighted by Gasteiger charge is 2.42. The molecule has 0 saturated carbocycles. The highest BCUT2D eigenvalue weighted by molar-refractivity contribution is 5.96. The smallest absolute Gasteiger partial charge is 0.323 e. The number of carbonyl (C=O) groups is 2. The Morgan fingerprint density at radius 3 is 2.42 bits per heavy atom. The number of aryl methyl sites for hydroxylation is 3. The Hall–Kier alpha value is -3.29. The molecule has 0 spiro atoms. The summed E-state index contributed by atoms with van der Waals surface area (Å²) >= 11 is 0. The molecule has 1 aromatic carbocycles. The van der Waals surface area contributed by atoms with Gasteiger partial charge in [-0.25, -0.2) is 9.55 Å². The van der Waals surface area contributed by atoms with E-state index in [-0.39, 0.29) is 0 Å². The molecule has 0 N–H and O–H groups in total. The number of rotatable bonds is 6. The summed E-state index contributed by atoms with van der Waals surface area (Å²) in [6.45, 7) is 8.28. The quantitative estimate of drug-likeness (QED) is 0.344. The number of hydrogen-bond acceptors (Lipinski definition) is 6. The molecule has 0 bridgehead atoms. The van der Waals surface area contributed by atoms with Crippen LogP contribution in [0.3, 0.4) is 0 Å². The van der Waals surface area contributed by atoms with E-state index >= 15 is 0 Å². The molecule has 3 heterocycles. The van der Waals surface area contributed by atoms with Gasteiger partial charge in [0.25, 0.3) is 5.79 Å². The third kappa shape index (κ3) is 4.42. The Bertz CT molecular complexity index is 1120. The topological polar surface area (TPSA) is 87.2 Å². The van der Waals surface area contributed by atoms with Crippen molar-refractivity contribution in [3.63, 3.8) is 0 Å². The zero-order valence-corrected chi connectivity index (χ0v) is 18.3. The molecule has 8 heteroatoms. The maximum absolute atomic E-state index is 12.2. The predicted octanol–water partition coefficient (Wildman–Crippen LogP) is 2.62. The van der Waals surface area contributed by atoms with Crippen molar-refractivity contribution in [2.75, 3.05) is 0 Å². The maximum Gasteiger partial charge on any atom is 0.323 e. The maximum atomic E-state index is 12.2. The number of cyclic esters (lactones) is 2. The van der Waals surface area contributed by atoms with Gasteiger partial charge in [-0.1, -0.05) is 35.3 Å². The van der Waals surface area contributed by atoms with E-state index in [1.54, 1.807) is 13.8 Å². The second kappa shape index (κ2) is 8.09. The van der Waals surface area contributed by atoms with Crippen molar-refractivity contribution in [1.82, 2.24) is 14.5 Å². The summed E-state index contributed by atoms with van der Waals surface area (Å²) in [5.74, 6) is -2.42. The minimum atomic E-state index is -1.20. The van der Waals surface area contributed by atoms with Crippen molar-refractivity contribution in [2.24, 2.45) is 5.92 Å². The minimum Gasteiger partial charge on any atom is -0.422 e. The summed E-state index contributed by atoms with van der Waals surface area (Å²) in [6, 6.07) is 10.2. The first-order chi connectivity index (χ1) is 14.7. The predicted molar refractivity (Wildman–Crippen MR) is 112 cm³/mol. The summed E-state index contributed by atoms with van der Waals surface area (Å²) in [4.78, 5) is 33.6. The van der Waals surface area contributed by atoms with Crippen molar-refractivity contribution in [3.8, 4) is 0 Å². The van der Waals surface area contributed by atoms with E-state index in [1.807, 2.05) is 38.4 Å². The van der Waals surface area contributed by atoms with E-state index in [2.05, 4.69) is 31.2 Å². The number of aromatic nitrogens is 4. The summed E-state index contributed by atoms with van der Waals surface area (Å²) in [6.07, 6.45) is 2.99. The third-order valence-electron chi connectivity index (χ3n) is 5.34. The van der Waals surface area contributed by atoms with Gasteiger partial charge in [0.1, 0.15) is 0 Å². The van der Waals surface area contributed by atoms with Gasteiger partial charge in [-0.3, -0.25) is 14.2 Å². The van der Waals surface area contributed by atoms with Crippen molar-refractivity contribution < 1.29 is 23.6 Å². The van der Waals surface area contributed by atoms with Gasteiger partial charge in [-0.05, 0) is 25.3 Å². The van der Waals surface area contributed by atoms with Crippen LogP contribution in [0.2, 0.25) is 0 Å². The van der Waals surface area contributed by atoms with Crippen LogP contribution in [0.1, 0.15) is 43.8 Å². The second-order valence-electron chi connectivity index (χ2n) is 8.39. The Labute approximate surface area is 180 Å². The fourth-order valence-electron chi connectivity index (χ4n) is 4.01. The molecular formula is C23H27N4O4+. The van der Waals surface area contributed by atoms with Crippen LogP contribution in [0, 0.1) is 19.8 Å². The van der Waals surface area contributed by atoms with Gasteiger partial charge in [0.2, 0.25) is 5.82 Å². The van der Waals surface area contributed by atoms with Gasteiger partial charge >= 0.3 is 17.6 Å². The van der Waals surface area contributed by atoms with E-state index in [4.69, 9.17) is 9.47 Å². The molecule has 0 aliphatic carbocycles. The lowest BCUT2D eigenvalue weighted by atomic mass is 10.0. The summed E-state index contributed by atoms with van der Waals surface area (Å²) < 4.78 is 14.6. The summed E-state index contributed by atoms with van der Waals surface area (Å²) in [5.41, 5.74) is 3.92. The average Bonchev–Trinajstić information content (AvgIpc) is 3.01. The number of ether oxygens (including phenoxy) is 2. The van der Waals surface area contributed by atoms with E-state index in [9.17, 15) is 9.59 Å². The van der Waals surface area contributed by atoms with Crippen LogP contribution in [-0.4, -0.2) is 32.3 Å². The van der Waals surface area contributed by atoms with Crippen LogP contribution in [-0.2, 0) is 32.2 Å². The van der Waals surface area contributed by atoms with Crippen LogP contribution in [0.25, 0.3) is 11.2 Å². The van der Waals surface area contributed by atoms with Crippen molar-refractivity contribution >= 4 is 23.1 Å². The lowest BCUT2D eigenvalue weighted by Crippen LogP contribution is -2.46. The van der Waals surface area contributed by atoms with Crippen LogP contribution >= 0.6 is 0 Å². The molecule has 0 radical (unpaired) electrons. The molecule has 0 amide bonds. The molecule has 1 aliphatic rings. The number of fused-ring (bicyclic) bond motifs is 1. The molecule has 31 heavy (non-hydrogen) atoms. The van der Waals surface area contributed by atoms with Crippen LogP contribution < -0.4 is 4.57 Å². The highest BCUT2D eigenvalue weighted by atomic mass is 16.7. The normalized spacial score (nSPS) is 16.4. The first-order valence-corrected chi connectivity index (χ1v) is 10.5. The first kappa shape index (κ1) is 21.0. The van der Waals surface area contributed by atoms with Crippen LogP contribution in [0.5, 0.6) is 0 Å². The SMILES string of the molecule is Cc1nc(C)c2c(n1)[n+](CCCC1C(=O)OC(C)(C)OC1=O)cn2Cc1ccccc1. The molecule has 3 aromatic rings. The number of carbonyl (C=O) groups excluding carboxylic acids is 2. The van der Waals surface area contributed by atoms with Gasteiger partial charge in [-0.15, -0.1) is 0 Å². The molecule has 162 valence electrons. The Balaban J connectivity index is 1.55. The average molecular weight is 423 g/mol. The molecule has 8 nitrogen and oxygen atoms in total. The van der Waals surface area contributed by atoms with E-state index in [0.717, 1.165) is 16.9 Å². The largest absolute Gasteiger partial charge is 0.422 e. The Kier molecular flexibility index (Phi) is 5.47. The van der Waals surface area contributed by atoms with E-state index < -0.39 is 23.6 Å². The summed E-state index contributed by atoms with van der Waals surface area (Å²) in [7, 11) is 0. The van der Waals surface area contributed by atoms with Gasteiger partial charge in [0, 0.05) is 20.8 Å². The van der Waals surface area contributed by atoms with Gasteiger partial charge < -0.3 is 9.47 Å². The van der Waals surface area contributed by atoms with Gasteiger partial charge in [0.15, 0.2) is 17.8 Å².